The Kier molecular flexibility index (Phi) is 4.05. The Labute approximate surface area is 129 Å². The van der Waals surface area contributed by atoms with Crippen molar-refractivity contribution in [2.24, 2.45) is 5.92 Å². The lowest BCUT2D eigenvalue weighted by Crippen LogP contribution is -2.33. The molecule has 4 nitrogen and oxygen atoms in total. The molecule has 2 aliphatic rings. The monoisotopic (exact) mass is 298 g/mol. The molecule has 0 radical (unpaired) electrons. The van der Waals surface area contributed by atoms with E-state index in [0.717, 1.165) is 0 Å². The predicted molar refractivity (Wildman–Crippen MR) is 81.8 cm³/mol. The van der Waals surface area contributed by atoms with Gasteiger partial charge in [0, 0.05) is 35.3 Å². The molecule has 2 atom stereocenters. The van der Waals surface area contributed by atoms with Gasteiger partial charge in [-0.15, -0.1) is 0 Å². The first-order valence-electron chi connectivity index (χ1n) is 7.33. The fraction of sp³-hybridized carbons (Fsp3) is 0.333. The molecule has 2 aliphatic carbocycles. The topological polar surface area (TPSA) is 52.6 Å². The third-order valence-electron chi connectivity index (χ3n) is 4.21. The number of methoxy groups -OCH3 is 1. The van der Waals surface area contributed by atoms with E-state index >= 15 is 0 Å². The van der Waals surface area contributed by atoms with E-state index in [9.17, 15) is 9.59 Å². The molecular weight excluding hydrogens is 280 g/mol. The minimum Gasteiger partial charge on any atom is -0.359 e. The minimum absolute atomic E-state index is 0.0431. The Morgan fingerprint density at radius 1 is 1.18 bits per heavy atom. The van der Waals surface area contributed by atoms with Crippen LogP contribution in [-0.4, -0.2) is 31.6 Å². The van der Waals surface area contributed by atoms with E-state index in [1.165, 1.54) is 0 Å². The fourth-order valence-corrected chi connectivity index (χ4v) is 3.10. The lowest BCUT2D eigenvalue weighted by molar-refractivity contribution is -0.0738. The molecule has 0 unspecified atom stereocenters. The normalized spacial score (nSPS) is 21.6. The highest BCUT2D eigenvalue weighted by Gasteiger charge is 2.38. The molecular formula is C18H18O4. The van der Waals surface area contributed by atoms with Crippen LogP contribution in [0.3, 0.4) is 0 Å². The van der Waals surface area contributed by atoms with Crippen molar-refractivity contribution in [2.45, 2.75) is 19.4 Å². The van der Waals surface area contributed by atoms with Gasteiger partial charge in [0.1, 0.15) is 6.79 Å². The van der Waals surface area contributed by atoms with E-state index in [4.69, 9.17) is 9.47 Å². The molecule has 0 saturated heterocycles. The number of hydrogen-bond donors (Lipinski definition) is 0. The molecule has 0 saturated carbocycles. The molecule has 0 heterocycles. The first-order valence-corrected chi connectivity index (χ1v) is 7.33. The van der Waals surface area contributed by atoms with Crippen molar-refractivity contribution in [1.29, 1.82) is 0 Å². The molecule has 1 aromatic rings. The quantitative estimate of drug-likeness (QED) is 0.633. The summed E-state index contributed by atoms with van der Waals surface area (Å²) in [6.07, 6.45) is 4.17. The Morgan fingerprint density at radius 2 is 1.86 bits per heavy atom. The number of rotatable bonds is 4. The number of ether oxygens (including phenoxy) is 2. The molecule has 0 aliphatic heterocycles. The van der Waals surface area contributed by atoms with Gasteiger partial charge in [0.25, 0.3) is 0 Å². The number of Topliss-reactive ketones (excluding diaryl/α,β-unsaturated/α-hetero) is 2. The van der Waals surface area contributed by atoms with Crippen molar-refractivity contribution in [3.05, 3.63) is 58.7 Å². The van der Waals surface area contributed by atoms with Gasteiger partial charge in [-0.1, -0.05) is 36.4 Å². The van der Waals surface area contributed by atoms with Crippen LogP contribution in [0.4, 0.5) is 0 Å². The van der Waals surface area contributed by atoms with Gasteiger partial charge in [-0.2, -0.15) is 0 Å². The highest BCUT2D eigenvalue weighted by atomic mass is 16.7. The highest BCUT2D eigenvalue weighted by Crippen LogP contribution is 2.37. The summed E-state index contributed by atoms with van der Waals surface area (Å²) in [5.41, 5.74) is 2.18. The van der Waals surface area contributed by atoms with Crippen molar-refractivity contribution in [3.8, 4) is 0 Å². The van der Waals surface area contributed by atoms with Crippen LogP contribution in [0.25, 0.3) is 0 Å². The maximum Gasteiger partial charge on any atom is 0.190 e. The van der Waals surface area contributed by atoms with Gasteiger partial charge in [0.05, 0.1) is 6.10 Å². The zero-order valence-corrected chi connectivity index (χ0v) is 12.7. The summed E-state index contributed by atoms with van der Waals surface area (Å²) in [7, 11) is 1.56. The van der Waals surface area contributed by atoms with Gasteiger partial charge >= 0.3 is 0 Å². The van der Waals surface area contributed by atoms with Crippen molar-refractivity contribution in [3.63, 3.8) is 0 Å². The summed E-state index contributed by atoms with van der Waals surface area (Å²) in [5, 5.41) is 0. The molecule has 0 aromatic heterocycles. The first kappa shape index (κ1) is 14.9. The van der Waals surface area contributed by atoms with E-state index in [1.54, 1.807) is 31.4 Å². The Bertz CT molecular complexity index is 684. The van der Waals surface area contributed by atoms with Crippen LogP contribution in [0.15, 0.2) is 47.6 Å². The van der Waals surface area contributed by atoms with Crippen LogP contribution in [0.2, 0.25) is 0 Å². The summed E-state index contributed by atoms with van der Waals surface area (Å²) in [5.74, 6) is -0.324. The Balaban J connectivity index is 2.01. The van der Waals surface area contributed by atoms with Gasteiger partial charge in [0.2, 0.25) is 0 Å². The number of ketones is 2. The van der Waals surface area contributed by atoms with Gasteiger partial charge < -0.3 is 9.47 Å². The van der Waals surface area contributed by atoms with Crippen LogP contribution >= 0.6 is 0 Å². The number of hydrogen-bond acceptors (Lipinski definition) is 4. The molecule has 0 fully saturated rings. The molecule has 0 N–H and O–H groups in total. The maximum absolute atomic E-state index is 12.9. The Morgan fingerprint density at radius 3 is 2.55 bits per heavy atom. The van der Waals surface area contributed by atoms with E-state index in [-0.39, 0.29) is 30.4 Å². The third kappa shape index (κ3) is 2.34. The molecule has 3 rings (SSSR count). The average molecular weight is 298 g/mol. The summed E-state index contributed by atoms with van der Waals surface area (Å²) >= 11 is 0. The fourth-order valence-electron chi connectivity index (χ4n) is 3.10. The number of carbonyl (C=O) groups is 2. The predicted octanol–water partition coefficient (Wildman–Crippen LogP) is 2.95. The van der Waals surface area contributed by atoms with Crippen molar-refractivity contribution in [1.82, 2.24) is 0 Å². The minimum atomic E-state index is -0.233. The van der Waals surface area contributed by atoms with Crippen LogP contribution in [-0.2, 0) is 9.47 Å². The van der Waals surface area contributed by atoms with Gasteiger partial charge in [-0.3, -0.25) is 9.59 Å². The number of carbonyl (C=O) groups excluding carboxylic acids is 2. The van der Waals surface area contributed by atoms with E-state index in [1.807, 2.05) is 19.1 Å². The van der Waals surface area contributed by atoms with Crippen molar-refractivity contribution < 1.29 is 19.1 Å². The standard InChI is InChI=1S/C18H18O4/c1-11(22-10-21-2)12-8-5-9-15-16(12)18(20)14-7-4-3-6-13(14)17(15)19/h3-8,11-12H,9-10H2,1-2H3/t11-,12+/m0/s1. The summed E-state index contributed by atoms with van der Waals surface area (Å²) < 4.78 is 10.5. The van der Waals surface area contributed by atoms with E-state index in [2.05, 4.69) is 0 Å². The van der Waals surface area contributed by atoms with Gasteiger partial charge in [-0.05, 0) is 13.3 Å². The maximum atomic E-state index is 12.9. The smallest absolute Gasteiger partial charge is 0.190 e. The first-order chi connectivity index (χ1) is 10.6. The lowest BCUT2D eigenvalue weighted by atomic mass is 9.74. The van der Waals surface area contributed by atoms with Gasteiger partial charge in [-0.25, -0.2) is 0 Å². The molecule has 0 spiro atoms. The SMILES string of the molecule is COCO[C@@H](C)[C@H]1C=CCC2=C1C(=O)c1ccccc1C2=O. The summed E-state index contributed by atoms with van der Waals surface area (Å²) in [6.45, 7) is 2.05. The summed E-state index contributed by atoms with van der Waals surface area (Å²) in [4.78, 5) is 25.5. The van der Waals surface area contributed by atoms with Crippen LogP contribution in [0, 0.1) is 5.92 Å². The molecule has 0 amide bonds. The van der Waals surface area contributed by atoms with Crippen LogP contribution < -0.4 is 0 Å². The van der Waals surface area contributed by atoms with Crippen molar-refractivity contribution >= 4 is 11.6 Å². The molecule has 22 heavy (non-hydrogen) atoms. The second-order valence-electron chi connectivity index (χ2n) is 5.53. The molecule has 4 heteroatoms. The Hall–Kier alpha value is -2.04. The average Bonchev–Trinajstić information content (AvgIpc) is 2.57. The molecule has 1 aromatic carbocycles. The second-order valence-corrected chi connectivity index (χ2v) is 5.53. The van der Waals surface area contributed by atoms with E-state index in [0.29, 0.717) is 28.7 Å². The van der Waals surface area contributed by atoms with Crippen LogP contribution in [0.5, 0.6) is 0 Å². The highest BCUT2D eigenvalue weighted by molar-refractivity contribution is 6.27. The zero-order valence-electron chi connectivity index (χ0n) is 12.7. The van der Waals surface area contributed by atoms with Gasteiger partial charge in [0.15, 0.2) is 11.6 Å². The molecule has 114 valence electrons. The largest absolute Gasteiger partial charge is 0.359 e. The van der Waals surface area contributed by atoms with E-state index < -0.39 is 0 Å². The van der Waals surface area contributed by atoms with Crippen LogP contribution in [0.1, 0.15) is 34.1 Å². The second kappa shape index (κ2) is 5.99. The summed E-state index contributed by atoms with van der Waals surface area (Å²) in [6, 6.07) is 7.01. The number of allylic oxidation sites excluding steroid dienone is 2. The molecule has 0 bridgehead atoms. The number of benzene rings is 1. The lowest BCUT2D eigenvalue weighted by Gasteiger charge is -2.31. The van der Waals surface area contributed by atoms with Crippen molar-refractivity contribution in [2.75, 3.05) is 13.9 Å². The zero-order chi connectivity index (χ0) is 15.7. The number of fused-ring (bicyclic) bond motifs is 1. The third-order valence-corrected chi connectivity index (χ3v) is 4.21.